The van der Waals surface area contributed by atoms with E-state index in [1.165, 1.54) is 0 Å². The van der Waals surface area contributed by atoms with E-state index in [0.29, 0.717) is 40.9 Å². The number of aryl methyl sites for hydroxylation is 1. The Balaban J connectivity index is 1.61. The van der Waals surface area contributed by atoms with E-state index in [2.05, 4.69) is 11.7 Å². The van der Waals surface area contributed by atoms with Crippen LogP contribution in [0.2, 0.25) is 0 Å². The molecule has 0 aliphatic carbocycles. The van der Waals surface area contributed by atoms with Crippen molar-refractivity contribution in [3.05, 3.63) is 84.1 Å². The van der Waals surface area contributed by atoms with Crippen molar-refractivity contribution in [2.24, 2.45) is 0 Å². The molecule has 0 unspecified atom stereocenters. The van der Waals surface area contributed by atoms with Crippen LogP contribution in [0.15, 0.2) is 71.8 Å². The zero-order valence-corrected chi connectivity index (χ0v) is 18.8. The first-order valence-electron chi connectivity index (χ1n) is 10.4. The quantitative estimate of drug-likeness (QED) is 0.346. The summed E-state index contributed by atoms with van der Waals surface area (Å²) in [5.74, 6) is 2.26. The SMILES string of the molecule is C=Cc1ccc(COc2ccc(-c3onc(C)c3-c3ccc(OC)c(OC)c3)c(O)c2)cc1. The van der Waals surface area contributed by atoms with Crippen LogP contribution in [0.3, 0.4) is 0 Å². The lowest BCUT2D eigenvalue weighted by Crippen LogP contribution is -1.95. The average Bonchev–Trinajstić information content (AvgIpc) is 3.23. The van der Waals surface area contributed by atoms with Crippen molar-refractivity contribution in [3.63, 3.8) is 0 Å². The van der Waals surface area contributed by atoms with E-state index in [-0.39, 0.29) is 5.75 Å². The molecule has 1 heterocycles. The Kier molecular flexibility index (Phi) is 6.36. The van der Waals surface area contributed by atoms with Gasteiger partial charge in [0, 0.05) is 6.07 Å². The maximum absolute atomic E-state index is 10.8. The maximum Gasteiger partial charge on any atom is 0.178 e. The first-order valence-corrected chi connectivity index (χ1v) is 10.4. The summed E-state index contributed by atoms with van der Waals surface area (Å²) in [5, 5.41) is 14.9. The largest absolute Gasteiger partial charge is 0.507 e. The highest BCUT2D eigenvalue weighted by atomic mass is 16.5. The molecule has 4 rings (SSSR count). The van der Waals surface area contributed by atoms with E-state index in [9.17, 15) is 5.11 Å². The van der Waals surface area contributed by atoms with E-state index in [1.807, 2.05) is 49.4 Å². The van der Waals surface area contributed by atoms with Crippen LogP contribution >= 0.6 is 0 Å². The first-order chi connectivity index (χ1) is 16.0. The monoisotopic (exact) mass is 443 g/mol. The summed E-state index contributed by atoms with van der Waals surface area (Å²) >= 11 is 0. The summed E-state index contributed by atoms with van der Waals surface area (Å²) in [6.07, 6.45) is 1.79. The molecule has 4 aromatic rings. The number of aromatic nitrogens is 1. The molecule has 0 fully saturated rings. The summed E-state index contributed by atoms with van der Waals surface area (Å²) in [7, 11) is 3.17. The number of hydrogen-bond acceptors (Lipinski definition) is 6. The van der Waals surface area contributed by atoms with Gasteiger partial charge in [0.15, 0.2) is 17.3 Å². The van der Waals surface area contributed by atoms with E-state index >= 15 is 0 Å². The minimum Gasteiger partial charge on any atom is -0.507 e. The van der Waals surface area contributed by atoms with Crippen molar-refractivity contribution in [1.29, 1.82) is 0 Å². The Bertz CT molecular complexity index is 1270. The van der Waals surface area contributed by atoms with Crippen molar-refractivity contribution in [2.45, 2.75) is 13.5 Å². The van der Waals surface area contributed by atoms with Gasteiger partial charge in [0.2, 0.25) is 0 Å². The number of methoxy groups -OCH3 is 2. The highest BCUT2D eigenvalue weighted by molar-refractivity contribution is 5.84. The molecule has 6 heteroatoms. The Morgan fingerprint density at radius 3 is 2.39 bits per heavy atom. The topological polar surface area (TPSA) is 74.0 Å². The Morgan fingerprint density at radius 1 is 0.970 bits per heavy atom. The number of aromatic hydroxyl groups is 1. The van der Waals surface area contributed by atoms with Gasteiger partial charge in [-0.15, -0.1) is 0 Å². The lowest BCUT2D eigenvalue weighted by Gasteiger charge is -2.11. The van der Waals surface area contributed by atoms with Gasteiger partial charge >= 0.3 is 0 Å². The van der Waals surface area contributed by atoms with Gasteiger partial charge < -0.3 is 23.8 Å². The molecule has 0 bridgehead atoms. The van der Waals surface area contributed by atoms with Crippen LogP contribution in [-0.2, 0) is 6.61 Å². The third-order valence-electron chi connectivity index (χ3n) is 5.37. The number of phenolic OH excluding ortho intramolecular Hbond substituents is 1. The second kappa shape index (κ2) is 9.53. The Hall–Kier alpha value is -4.19. The van der Waals surface area contributed by atoms with Crippen LogP contribution < -0.4 is 14.2 Å². The number of phenols is 1. The second-order valence-electron chi connectivity index (χ2n) is 7.46. The second-order valence-corrected chi connectivity index (χ2v) is 7.46. The number of hydrogen-bond donors (Lipinski definition) is 1. The van der Waals surface area contributed by atoms with Crippen LogP contribution in [0, 0.1) is 6.92 Å². The van der Waals surface area contributed by atoms with Crippen LogP contribution in [0.25, 0.3) is 28.5 Å². The number of rotatable bonds is 8. The summed E-state index contributed by atoms with van der Waals surface area (Å²) in [5.41, 5.74) is 4.88. The van der Waals surface area contributed by atoms with Crippen LogP contribution in [0.5, 0.6) is 23.0 Å². The molecule has 0 aliphatic rings. The van der Waals surface area contributed by atoms with Gasteiger partial charge in [-0.1, -0.05) is 48.1 Å². The average molecular weight is 443 g/mol. The van der Waals surface area contributed by atoms with Gasteiger partial charge in [0.1, 0.15) is 18.1 Å². The molecule has 0 amide bonds. The van der Waals surface area contributed by atoms with Crippen molar-refractivity contribution in [2.75, 3.05) is 14.2 Å². The smallest absolute Gasteiger partial charge is 0.178 e. The van der Waals surface area contributed by atoms with Gasteiger partial charge in [-0.25, -0.2) is 0 Å². The molecule has 0 aliphatic heterocycles. The highest BCUT2D eigenvalue weighted by Crippen LogP contribution is 2.42. The zero-order valence-electron chi connectivity index (χ0n) is 18.8. The van der Waals surface area contributed by atoms with E-state index < -0.39 is 0 Å². The zero-order chi connectivity index (χ0) is 23.4. The molecule has 0 saturated carbocycles. The fourth-order valence-corrected chi connectivity index (χ4v) is 3.60. The van der Waals surface area contributed by atoms with Crippen LogP contribution in [0.4, 0.5) is 0 Å². The van der Waals surface area contributed by atoms with Gasteiger partial charge in [-0.05, 0) is 47.9 Å². The molecule has 0 radical (unpaired) electrons. The van der Waals surface area contributed by atoms with Crippen molar-refractivity contribution >= 4 is 6.08 Å². The molecule has 0 spiro atoms. The van der Waals surface area contributed by atoms with Crippen LogP contribution in [-0.4, -0.2) is 24.5 Å². The maximum atomic E-state index is 10.8. The number of nitrogens with zero attached hydrogens (tertiary/aromatic N) is 1. The molecule has 1 aromatic heterocycles. The summed E-state index contributed by atoms with van der Waals surface area (Å²) in [6.45, 7) is 5.99. The van der Waals surface area contributed by atoms with Crippen molar-refractivity contribution < 1.29 is 23.8 Å². The predicted octanol–water partition coefficient (Wildman–Crippen LogP) is 6.26. The normalized spacial score (nSPS) is 10.6. The molecule has 0 atom stereocenters. The van der Waals surface area contributed by atoms with Gasteiger partial charge in [-0.3, -0.25) is 0 Å². The first kappa shape index (κ1) is 22.0. The summed E-state index contributed by atoms with van der Waals surface area (Å²) < 4.78 is 22.2. The van der Waals surface area contributed by atoms with Gasteiger partial charge in [0.25, 0.3) is 0 Å². The van der Waals surface area contributed by atoms with Crippen LogP contribution in [0.1, 0.15) is 16.8 Å². The molecular weight excluding hydrogens is 418 g/mol. The predicted molar refractivity (Wildman–Crippen MR) is 128 cm³/mol. The lowest BCUT2D eigenvalue weighted by molar-refractivity contribution is 0.304. The van der Waals surface area contributed by atoms with E-state index in [0.717, 1.165) is 22.3 Å². The molecule has 33 heavy (non-hydrogen) atoms. The molecule has 0 saturated heterocycles. The Morgan fingerprint density at radius 2 is 1.73 bits per heavy atom. The fourth-order valence-electron chi connectivity index (χ4n) is 3.60. The molecule has 1 N–H and O–H groups in total. The minimum atomic E-state index is 0.0346. The molecule has 3 aromatic carbocycles. The highest BCUT2D eigenvalue weighted by Gasteiger charge is 2.21. The third-order valence-corrected chi connectivity index (χ3v) is 5.37. The third kappa shape index (κ3) is 4.55. The summed E-state index contributed by atoms with van der Waals surface area (Å²) in [6, 6.07) is 18.6. The molecule has 6 nitrogen and oxygen atoms in total. The number of ether oxygens (including phenoxy) is 3. The minimum absolute atomic E-state index is 0.0346. The van der Waals surface area contributed by atoms with Gasteiger partial charge in [0.05, 0.1) is 31.0 Å². The van der Waals surface area contributed by atoms with Crippen molar-refractivity contribution in [3.8, 4) is 45.4 Å². The number of benzene rings is 3. The lowest BCUT2D eigenvalue weighted by atomic mass is 9.99. The Labute approximate surface area is 192 Å². The van der Waals surface area contributed by atoms with Gasteiger partial charge in [-0.2, -0.15) is 0 Å². The van der Waals surface area contributed by atoms with Crippen molar-refractivity contribution in [1.82, 2.24) is 5.16 Å². The van der Waals surface area contributed by atoms with E-state index in [1.54, 1.807) is 38.5 Å². The standard InChI is InChI=1S/C27H25NO5/c1-5-18-6-8-19(9-7-18)16-32-21-11-12-22(23(29)15-21)27-26(17(2)28-33-27)20-10-13-24(30-3)25(14-20)31-4/h5-15,29H,1,16H2,2-4H3. The molecular formula is C27H25NO5. The fraction of sp³-hybridized carbons (Fsp3) is 0.148. The summed E-state index contributed by atoms with van der Waals surface area (Å²) in [4.78, 5) is 0. The molecule has 168 valence electrons. The van der Waals surface area contributed by atoms with E-state index in [4.69, 9.17) is 18.7 Å².